The molecule has 0 bridgehead atoms. The molecule has 0 saturated heterocycles. The molecule has 0 aliphatic rings. The number of nitrogens with zero attached hydrogens (tertiary/aromatic N) is 1. The van der Waals surface area contributed by atoms with Crippen LogP contribution in [-0.2, 0) is 6.61 Å². The van der Waals surface area contributed by atoms with Crippen molar-refractivity contribution < 1.29 is 13.5 Å². The van der Waals surface area contributed by atoms with Gasteiger partial charge in [-0.1, -0.05) is 24.3 Å². The van der Waals surface area contributed by atoms with Crippen LogP contribution in [0.2, 0.25) is 0 Å². The first-order valence-electron chi connectivity index (χ1n) is 6.79. The zero-order chi connectivity index (χ0) is 15.4. The molecule has 0 atom stereocenters. The molecule has 0 saturated carbocycles. The first-order chi connectivity index (χ1) is 10.7. The molecular formula is C18H13F2NO. The number of pyridine rings is 1. The zero-order valence-electron chi connectivity index (χ0n) is 11.7. The quantitative estimate of drug-likeness (QED) is 0.702. The Morgan fingerprint density at radius 2 is 1.77 bits per heavy atom. The van der Waals surface area contributed by atoms with E-state index in [0.717, 1.165) is 5.56 Å². The maximum absolute atomic E-state index is 13.8. The number of halogens is 2. The van der Waals surface area contributed by atoms with E-state index in [-0.39, 0.29) is 18.2 Å². The van der Waals surface area contributed by atoms with E-state index in [4.69, 9.17) is 4.74 Å². The monoisotopic (exact) mass is 297 g/mol. The molecule has 22 heavy (non-hydrogen) atoms. The fourth-order valence-corrected chi connectivity index (χ4v) is 2.13. The van der Waals surface area contributed by atoms with Crippen LogP contribution in [0, 0.1) is 11.6 Å². The van der Waals surface area contributed by atoms with Crippen LogP contribution in [0.3, 0.4) is 0 Å². The SMILES string of the molecule is Fc1cccc(OCc2cncc(-c3ccccc3F)c2)c1. The lowest BCUT2D eigenvalue weighted by molar-refractivity contribution is 0.304. The number of benzene rings is 2. The summed E-state index contributed by atoms with van der Waals surface area (Å²) in [6.07, 6.45) is 3.24. The average molecular weight is 297 g/mol. The summed E-state index contributed by atoms with van der Waals surface area (Å²) in [6, 6.07) is 14.3. The van der Waals surface area contributed by atoms with Gasteiger partial charge >= 0.3 is 0 Å². The summed E-state index contributed by atoms with van der Waals surface area (Å²) in [6.45, 7) is 0.235. The topological polar surface area (TPSA) is 22.1 Å². The van der Waals surface area contributed by atoms with Gasteiger partial charge in [-0.3, -0.25) is 4.98 Å². The van der Waals surface area contributed by atoms with Crippen LogP contribution < -0.4 is 4.74 Å². The van der Waals surface area contributed by atoms with Crippen LogP contribution in [0.1, 0.15) is 5.56 Å². The molecule has 0 radical (unpaired) electrons. The molecule has 110 valence electrons. The van der Waals surface area contributed by atoms with Crippen molar-refractivity contribution in [3.05, 3.63) is 84.2 Å². The summed E-state index contributed by atoms with van der Waals surface area (Å²) in [7, 11) is 0. The Bertz CT molecular complexity index is 789. The van der Waals surface area contributed by atoms with Crippen LogP contribution in [0.25, 0.3) is 11.1 Å². The Balaban J connectivity index is 1.79. The Hall–Kier alpha value is -2.75. The minimum atomic E-state index is -0.351. The summed E-state index contributed by atoms with van der Waals surface area (Å²) in [5, 5.41) is 0. The standard InChI is InChI=1S/C18H13F2NO/c19-15-4-3-5-16(9-15)22-12-13-8-14(11-21-10-13)17-6-1-2-7-18(17)20/h1-11H,12H2. The smallest absolute Gasteiger partial charge is 0.131 e. The fraction of sp³-hybridized carbons (Fsp3) is 0.0556. The zero-order valence-corrected chi connectivity index (χ0v) is 11.7. The van der Waals surface area contributed by atoms with E-state index in [1.54, 1.807) is 42.7 Å². The second kappa shape index (κ2) is 6.35. The number of rotatable bonds is 4. The molecular weight excluding hydrogens is 284 g/mol. The molecule has 2 nitrogen and oxygen atoms in total. The van der Waals surface area contributed by atoms with E-state index in [1.807, 2.05) is 6.07 Å². The van der Waals surface area contributed by atoms with Crippen LogP contribution >= 0.6 is 0 Å². The highest BCUT2D eigenvalue weighted by molar-refractivity contribution is 5.63. The normalized spacial score (nSPS) is 10.5. The van der Waals surface area contributed by atoms with Crippen molar-refractivity contribution in [2.24, 2.45) is 0 Å². The van der Waals surface area contributed by atoms with Gasteiger partial charge in [0.1, 0.15) is 24.0 Å². The van der Waals surface area contributed by atoms with Crippen molar-refractivity contribution in [1.29, 1.82) is 0 Å². The molecule has 0 unspecified atom stereocenters. The second-order valence-electron chi connectivity index (χ2n) is 4.81. The third kappa shape index (κ3) is 3.28. The van der Waals surface area contributed by atoms with Gasteiger partial charge in [0.05, 0.1) is 0 Å². The Labute approximate surface area is 127 Å². The van der Waals surface area contributed by atoms with E-state index >= 15 is 0 Å². The Morgan fingerprint density at radius 3 is 2.59 bits per heavy atom. The summed E-state index contributed by atoms with van der Waals surface area (Å²) >= 11 is 0. The third-order valence-corrected chi connectivity index (χ3v) is 3.18. The summed E-state index contributed by atoms with van der Waals surface area (Å²) < 4.78 is 32.4. The Kier molecular flexibility index (Phi) is 4.10. The summed E-state index contributed by atoms with van der Waals surface area (Å²) in [5.41, 5.74) is 1.95. The minimum Gasteiger partial charge on any atom is -0.489 e. The van der Waals surface area contributed by atoms with Gasteiger partial charge in [-0.15, -0.1) is 0 Å². The lowest BCUT2D eigenvalue weighted by atomic mass is 10.1. The second-order valence-corrected chi connectivity index (χ2v) is 4.81. The fourth-order valence-electron chi connectivity index (χ4n) is 2.13. The molecule has 0 N–H and O–H groups in total. The molecule has 4 heteroatoms. The number of hydrogen-bond acceptors (Lipinski definition) is 2. The molecule has 0 spiro atoms. The molecule has 0 aliphatic heterocycles. The van der Waals surface area contributed by atoms with Crippen LogP contribution in [0.4, 0.5) is 8.78 Å². The molecule has 2 aromatic carbocycles. The Morgan fingerprint density at radius 1 is 0.909 bits per heavy atom. The predicted octanol–water partition coefficient (Wildman–Crippen LogP) is 4.61. The van der Waals surface area contributed by atoms with Crippen LogP contribution in [-0.4, -0.2) is 4.98 Å². The predicted molar refractivity (Wildman–Crippen MR) is 80.4 cm³/mol. The van der Waals surface area contributed by atoms with E-state index in [1.165, 1.54) is 18.2 Å². The van der Waals surface area contributed by atoms with Crippen LogP contribution in [0.15, 0.2) is 67.0 Å². The number of aromatic nitrogens is 1. The van der Waals surface area contributed by atoms with Crippen molar-refractivity contribution in [1.82, 2.24) is 4.98 Å². The van der Waals surface area contributed by atoms with E-state index < -0.39 is 0 Å². The average Bonchev–Trinajstić information content (AvgIpc) is 2.54. The molecule has 0 amide bonds. The van der Waals surface area contributed by atoms with E-state index in [0.29, 0.717) is 16.9 Å². The number of ether oxygens (including phenoxy) is 1. The van der Waals surface area contributed by atoms with Gasteiger partial charge in [0.15, 0.2) is 0 Å². The van der Waals surface area contributed by atoms with Crippen molar-refractivity contribution in [3.8, 4) is 16.9 Å². The molecule has 3 rings (SSSR count). The van der Waals surface area contributed by atoms with Crippen LogP contribution in [0.5, 0.6) is 5.75 Å². The molecule has 1 aromatic heterocycles. The van der Waals surface area contributed by atoms with Crippen molar-refractivity contribution in [2.45, 2.75) is 6.61 Å². The largest absolute Gasteiger partial charge is 0.489 e. The van der Waals surface area contributed by atoms with Gasteiger partial charge in [-0.2, -0.15) is 0 Å². The first kappa shape index (κ1) is 14.2. The maximum Gasteiger partial charge on any atom is 0.131 e. The summed E-state index contributed by atoms with van der Waals surface area (Å²) in [4.78, 5) is 4.11. The van der Waals surface area contributed by atoms with Gasteiger partial charge < -0.3 is 4.74 Å². The highest BCUT2D eigenvalue weighted by atomic mass is 19.1. The lowest BCUT2D eigenvalue weighted by Crippen LogP contribution is -1.97. The van der Waals surface area contributed by atoms with Crippen molar-refractivity contribution in [2.75, 3.05) is 0 Å². The lowest BCUT2D eigenvalue weighted by Gasteiger charge is -2.08. The van der Waals surface area contributed by atoms with Gasteiger partial charge in [0.2, 0.25) is 0 Å². The van der Waals surface area contributed by atoms with E-state index in [2.05, 4.69) is 4.98 Å². The molecule has 0 aliphatic carbocycles. The molecule has 3 aromatic rings. The minimum absolute atomic E-state index is 0.235. The van der Waals surface area contributed by atoms with Gasteiger partial charge in [0, 0.05) is 35.2 Å². The van der Waals surface area contributed by atoms with Gasteiger partial charge in [0.25, 0.3) is 0 Å². The third-order valence-electron chi connectivity index (χ3n) is 3.18. The summed E-state index contributed by atoms with van der Waals surface area (Å²) in [5.74, 6) is -0.209. The highest BCUT2D eigenvalue weighted by Crippen LogP contribution is 2.23. The van der Waals surface area contributed by atoms with Gasteiger partial charge in [-0.05, 0) is 24.3 Å². The van der Waals surface area contributed by atoms with Gasteiger partial charge in [-0.25, -0.2) is 8.78 Å². The number of hydrogen-bond donors (Lipinski definition) is 0. The van der Waals surface area contributed by atoms with Crippen molar-refractivity contribution in [3.63, 3.8) is 0 Å². The van der Waals surface area contributed by atoms with Crippen molar-refractivity contribution >= 4 is 0 Å². The maximum atomic E-state index is 13.8. The molecule has 1 heterocycles. The first-order valence-corrected chi connectivity index (χ1v) is 6.79. The highest BCUT2D eigenvalue weighted by Gasteiger charge is 2.06. The van der Waals surface area contributed by atoms with E-state index in [9.17, 15) is 8.78 Å². The molecule has 0 fully saturated rings.